The Kier molecular flexibility index (Phi) is 6.74. The first-order chi connectivity index (χ1) is 10.2. The fourth-order valence-electron chi connectivity index (χ4n) is 3.59. The molecule has 21 heavy (non-hydrogen) atoms. The van der Waals surface area contributed by atoms with E-state index in [9.17, 15) is 0 Å². The molecule has 1 aliphatic rings. The number of hydrogen-bond donors (Lipinski definition) is 1. The molecule has 3 nitrogen and oxygen atoms in total. The van der Waals surface area contributed by atoms with Crippen molar-refractivity contribution < 1.29 is 0 Å². The Balaban J connectivity index is 2.01. The molecule has 0 radical (unpaired) electrons. The van der Waals surface area contributed by atoms with Crippen molar-refractivity contribution in [2.75, 3.05) is 0 Å². The van der Waals surface area contributed by atoms with Gasteiger partial charge in [0.15, 0.2) is 0 Å². The zero-order valence-corrected chi connectivity index (χ0v) is 15.4. The number of hydrogen-bond acceptors (Lipinski definition) is 2. The smallest absolute Gasteiger partial charge is 0.0767 e. The molecule has 1 aromatic rings. The van der Waals surface area contributed by atoms with Gasteiger partial charge in [0.05, 0.1) is 15.9 Å². The topological polar surface area (TPSA) is 29.9 Å². The van der Waals surface area contributed by atoms with Gasteiger partial charge >= 0.3 is 0 Å². The molecule has 0 saturated heterocycles. The number of nitrogens with one attached hydrogen (secondary N) is 1. The molecule has 1 aliphatic carbocycles. The highest BCUT2D eigenvalue weighted by Crippen LogP contribution is 2.28. The van der Waals surface area contributed by atoms with Gasteiger partial charge in [0.2, 0.25) is 0 Å². The molecular formula is C17H30BrN3. The van der Waals surface area contributed by atoms with E-state index in [2.05, 4.69) is 46.7 Å². The van der Waals surface area contributed by atoms with E-state index in [-0.39, 0.29) is 0 Å². The minimum Gasteiger partial charge on any atom is -0.308 e. The lowest BCUT2D eigenvalue weighted by molar-refractivity contribution is 0.260. The van der Waals surface area contributed by atoms with Gasteiger partial charge in [-0.25, -0.2) is 0 Å². The average Bonchev–Trinajstić information content (AvgIpc) is 2.84. The molecular weight excluding hydrogens is 326 g/mol. The van der Waals surface area contributed by atoms with E-state index in [1.165, 1.54) is 54.4 Å². The lowest BCUT2D eigenvalue weighted by Crippen LogP contribution is -2.36. The molecule has 1 atom stereocenters. The van der Waals surface area contributed by atoms with Crippen molar-refractivity contribution in [3.05, 3.63) is 15.9 Å². The highest BCUT2D eigenvalue weighted by molar-refractivity contribution is 9.10. The monoisotopic (exact) mass is 355 g/mol. The van der Waals surface area contributed by atoms with E-state index in [1.807, 2.05) is 0 Å². The Hall–Kier alpha value is -0.350. The van der Waals surface area contributed by atoms with Crippen LogP contribution in [0, 0.1) is 5.92 Å². The normalized spacial score (nSPS) is 18.1. The lowest BCUT2D eigenvalue weighted by Gasteiger charge is -2.30. The molecule has 0 amide bonds. The number of rotatable bonds is 7. The van der Waals surface area contributed by atoms with Crippen LogP contribution in [0.1, 0.15) is 70.7 Å². The van der Waals surface area contributed by atoms with Crippen LogP contribution >= 0.6 is 15.9 Å². The van der Waals surface area contributed by atoms with E-state index >= 15 is 0 Å². The van der Waals surface area contributed by atoms with Gasteiger partial charge in [0, 0.05) is 19.1 Å². The summed E-state index contributed by atoms with van der Waals surface area (Å²) in [5.74, 6) is 0.867. The fraction of sp³-hybridized carbons (Fsp3) is 0.824. The third-order valence-electron chi connectivity index (χ3n) is 4.88. The summed E-state index contributed by atoms with van der Waals surface area (Å²) in [6, 6.07) is 0.655. The number of aromatic nitrogens is 2. The zero-order valence-electron chi connectivity index (χ0n) is 13.8. The second kappa shape index (κ2) is 8.33. The van der Waals surface area contributed by atoms with E-state index in [1.54, 1.807) is 0 Å². The summed E-state index contributed by atoms with van der Waals surface area (Å²) in [5, 5.41) is 8.51. The van der Waals surface area contributed by atoms with Crippen LogP contribution in [0.2, 0.25) is 0 Å². The Morgan fingerprint density at radius 3 is 2.52 bits per heavy atom. The van der Waals surface area contributed by atoms with Gasteiger partial charge in [-0.3, -0.25) is 4.68 Å². The standard InChI is InChI=1S/C17H30BrN3/c1-4-14(13-10-8-7-9-11-13)19-12-16-17(18)15(5-2)20-21(16)6-3/h13-14,19H,4-12H2,1-3H3. The molecule has 1 heterocycles. The first-order valence-corrected chi connectivity index (χ1v) is 9.47. The maximum atomic E-state index is 4.69. The Morgan fingerprint density at radius 2 is 1.95 bits per heavy atom. The van der Waals surface area contributed by atoms with Crippen molar-refractivity contribution in [2.24, 2.45) is 5.92 Å². The van der Waals surface area contributed by atoms with Gasteiger partial charge in [-0.2, -0.15) is 5.10 Å². The van der Waals surface area contributed by atoms with Crippen molar-refractivity contribution >= 4 is 15.9 Å². The van der Waals surface area contributed by atoms with E-state index in [4.69, 9.17) is 5.10 Å². The molecule has 0 bridgehead atoms. The SMILES string of the molecule is CCc1nn(CC)c(CNC(CC)C2CCCCC2)c1Br. The van der Waals surface area contributed by atoms with Crippen LogP contribution in [0.5, 0.6) is 0 Å². The summed E-state index contributed by atoms with van der Waals surface area (Å²) in [7, 11) is 0. The molecule has 1 saturated carbocycles. The van der Waals surface area contributed by atoms with Gasteiger partial charge < -0.3 is 5.32 Å². The summed E-state index contributed by atoms with van der Waals surface area (Å²) >= 11 is 3.75. The number of nitrogens with zero attached hydrogens (tertiary/aromatic N) is 2. The van der Waals surface area contributed by atoms with Crippen molar-refractivity contribution in [1.29, 1.82) is 0 Å². The van der Waals surface area contributed by atoms with E-state index < -0.39 is 0 Å². The lowest BCUT2D eigenvalue weighted by atomic mass is 9.83. The molecule has 0 aromatic carbocycles. The summed E-state index contributed by atoms with van der Waals surface area (Å²) in [6.45, 7) is 8.52. The highest BCUT2D eigenvalue weighted by atomic mass is 79.9. The van der Waals surface area contributed by atoms with Gasteiger partial charge in [-0.05, 0) is 54.5 Å². The van der Waals surface area contributed by atoms with Crippen LogP contribution in [0.4, 0.5) is 0 Å². The van der Waals surface area contributed by atoms with Crippen molar-refractivity contribution in [1.82, 2.24) is 15.1 Å². The highest BCUT2D eigenvalue weighted by Gasteiger charge is 2.23. The second-order valence-electron chi connectivity index (χ2n) is 6.17. The molecule has 0 aliphatic heterocycles. The number of halogens is 1. The zero-order chi connectivity index (χ0) is 15.2. The summed E-state index contributed by atoms with van der Waals surface area (Å²) in [4.78, 5) is 0. The van der Waals surface area contributed by atoms with Gasteiger partial charge in [-0.1, -0.05) is 33.1 Å². The minimum atomic E-state index is 0.655. The van der Waals surface area contributed by atoms with Gasteiger partial charge in [-0.15, -0.1) is 0 Å². The van der Waals surface area contributed by atoms with Crippen molar-refractivity contribution in [3.63, 3.8) is 0 Å². The first-order valence-electron chi connectivity index (χ1n) is 8.68. The molecule has 1 aromatic heterocycles. The van der Waals surface area contributed by atoms with Crippen LogP contribution < -0.4 is 5.32 Å². The molecule has 2 rings (SSSR count). The summed E-state index contributed by atoms with van der Waals surface area (Å²) < 4.78 is 3.35. The van der Waals surface area contributed by atoms with E-state index in [0.29, 0.717) is 6.04 Å². The minimum absolute atomic E-state index is 0.655. The molecule has 4 heteroatoms. The first kappa shape index (κ1) is 17.0. The fourth-order valence-corrected chi connectivity index (χ4v) is 4.30. The van der Waals surface area contributed by atoms with Crippen LogP contribution in [-0.2, 0) is 19.5 Å². The van der Waals surface area contributed by atoms with Crippen LogP contribution in [0.15, 0.2) is 4.47 Å². The van der Waals surface area contributed by atoms with E-state index in [0.717, 1.165) is 25.4 Å². The Morgan fingerprint density at radius 1 is 1.24 bits per heavy atom. The third kappa shape index (κ3) is 4.10. The Labute approximate surface area is 138 Å². The predicted molar refractivity (Wildman–Crippen MR) is 92.5 cm³/mol. The van der Waals surface area contributed by atoms with Crippen LogP contribution in [0.25, 0.3) is 0 Å². The second-order valence-corrected chi connectivity index (χ2v) is 6.96. The van der Waals surface area contributed by atoms with Crippen molar-refractivity contribution in [2.45, 2.75) is 84.8 Å². The average molecular weight is 356 g/mol. The van der Waals surface area contributed by atoms with Crippen LogP contribution in [-0.4, -0.2) is 15.8 Å². The third-order valence-corrected chi connectivity index (χ3v) is 5.80. The maximum absolute atomic E-state index is 4.69. The molecule has 1 unspecified atom stereocenters. The summed E-state index contributed by atoms with van der Waals surface area (Å²) in [6.07, 6.45) is 9.28. The van der Waals surface area contributed by atoms with Gasteiger partial charge in [0.25, 0.3) is 0 Å². The molecule has 1 N–H and O–H groups in total. The predicted octanol–water partition coefficient (Wildman–Crippen LogP) is 4.68. The Bertz CT molecular complexity index is 435. The summed E-state index contributed by atoms with van der Waals surface area (Å²) in [5.41, 5.74) is 2.49. The number of aryl methyl sites for hydroxylation is 2. The quantitative estimate of drug-likeness (QED) is 0.769. The van der Waals surface area contributed by atoms with Crippen LogP contribution in [0.3, 0.4) is 0 Å². The molecule has 0 spiro atoms. The van der Waals surface area contributed by atoms with Gasteiger partial charge in [0.1, 0.15) is 0 Å². The largest absolute Gasteiger partial charge is 0.308 e. The molecule has 1 fully saturated rings. The maximum Gasteiger partial charge on any atom is 0.0767 e. The van der Waals surface area contributed by atoms with Crippen molar-refractivity contribution in [3.8, 4) is 0 Å². The molecule has 120 valence electrons.